The lowest BCUT2D eigenvalue weighted by molar-refractivity contribution is 0.178. The minimum absolute atomic E-state index is 0.0468. The maximum atomic E-state index is 12.5. The van der Waals surface area contributed by atoms with E-state index in [0.717, 1.165) is 24.1 Å². The first kappa shape index (κ1) is 14.0. The lowest BCUT2D eigenvalue weighted by Gasteiger charge is -2.35. The van der Waals surface area contributed by atoms with Crippen LogP contribution in [-0.4, -0.2) is 37.0 Å². The average Bonchev–Trinajstić information content (AvgIpc) is 2.75. The van der Waals surface area contributed by atoms with Gasteiger partial charge in [-0.25, -0.2) is 8.42 Å². The van der Waals surface area contributed by atoms with E-state index in [4.69, 9.17) is 10.8 Å². The van der Waals surface area contributed by atoms with Gasteiger partial charge in [-0.2, -0.15) is 4.31 Å². The predicted octanol–water partition coefficient (Wildman–Crippen LogP) is 0.742. The third-order valence-corrected chi connectivity index (χ3v) is 6.73. The molecule has 1 saturated carbocycles. The zero-order chi connectivity index (χ0) is 13.2. The highest BCUT2D eigenvalue weighted by atomic mass is 32.2. The van der Waals surface area contributed by atoms with Crippen LogP contribution in [0.25, 0.3) is 0 Å². The molecule has 3 N–H and O–H groups in total. The van der Waals surface area contributed by atoms with Crippen molar-refractivity contribution >= 4 is 21.4 Å². The van der Waals surface area contributed by atoms with E-state index in [-0.39, 0.29) is 19.2 Å². The molecule has 0 spiro atoms. The summed E-state index contributed by atoms with van der Waals surface area (Å²) in [6.45, 7) is 0.372. The molecular weight excluding hydrogens is 272 g/mol. The fourth-order valence-electron chi connectivity index (χ4n) is 1.99. The SMILES string of the molecule is NCc1ccc(S(=O)(=O)N(CCO)C2CCC2)s1. The average molecular weight is 290 g/mol. The Bertz CT molecular complexity index is 494. The lowest BCUT2D eigenvalue weighted by atomic mass is 9.93. The van der Waals surface area contributed by atoms with E-state index in [0.29, 0.717) is 10.8 Å². The summed E-state index contributed by atoms with van der Waals surface area (Å²) in [7, 11) is -3.48. The molecule has 102 valence electrons. The molecule has 0 amide bonds. The Balaban J connectivity index is 2.26. The summed E-state index contributed by atoms with van der Waals surface area (Å²) in [5.74, 6) is 0. The largest absolute Gasteiger partial charge is 0.395 e. The molecular formula is C11H18N2O3S2. The second-order valence-electron chi connectivity index (χ2n) is 4.35. The predicted molar refractivity (Wildman–Crippen MR) is 70.8 cm³/mol. The van der Waals surface area contributed by atoms with Gasteiger partial charge in [-0.15, -0.1) is 11.3 Å². The van der Waals surface area contributed by atoms with Crippen molar-refractivity contribution in [2.45, 2.75) is 36.1 Å². The van der Waals surface area contributed by atoms with Crippen LogP contribution < -0.4 is 5.73 Å². The maximum absolute atomic E-state index is 12.5. The topological polar surface area (TPSA) is 83.6 Å². The molecule has 5 nitrogen and oxygen atoms in total. The molecule has 0 aromatic carbocycles. The third-order valence-electron chi connectivity index (χ3n) is 3.20. The summed E-state index contributed by atoms with van der Waals surface area (Å²) in [5, 5.41) is 9.04. The first-order valence-corrected chi connectivity index (χ1v) is 8.26. The van der Waals surface area contributed by atoms with Gasteiger partial charge in [0.05, 0.1) is 6.61 Å². The van der Waals surface area contributed by atoms with Gasteiger partial charge in [0, 0.05) is 24.0 Å². The van der Waals surface area contributed by atoms with E-state index in [2.05, 4.69) is 0 Å². The Morgan fingerprint density at radius 2 is 2.17 bits per heavy atom. The normalized spacial score (nSPS) is 17.1. The molecule has 1 aromatic rings. The van der Waals surface area contributed by atoms with Gasteiger partial charge in [-0.1, -0.05) is 6.42 Å². The number of aliphatic hydroxyl groups is 1. The highest BCUT2D eigenvalue weighted by Crippen LogP contribution is 2.32. The highest BCUT2D eigenvalue weighted by Gasteiger charge is 2.35. The monoisotopic (exact) mass is 290 g/mol. The first-order chi connectivity index (χ1) is 8.59. The van der Waals surface area contributed by atoms with E-state index < -0.39 is 10.0 Å². The second kappa shape index (κ2) is 5.66. The van der Waals surface area contributed by atoms with Crippen LogP contribution in [0.3, 0.4) is 0 Å². The number of nitrogens with zero attached hydrogens (tertiary/aromatic N) is 1. The van der Waals surface area contributed by atoms with Crippen molar-refractivity contribution in [3.63, 3.8) is 0 Å². The smallest absolute Gasteiger partial charge is 0.252 e. The van der Waals surface area contributed by atoms with E-state index in [1.807, 2.05) is 0 Å². The Kier molecular flexibility index (Phi) is 4.39. The summed E-state index contributed by atoms with van der Waals surface area (Å²) in [4.78, 5) is 0.853. The standard InChI is InChI=1S/C11H18N2O3S2/c12-8-10-4-5-11(17-10)18(15,16)13(6-7-14)9-2-1-3-9/h4-5,9,14H,1-3,6-8,12H2. The van der Waals surface area contributed by atoms with Crippen LogP contribution in [0.4, 0.5) is 0 Å². The van der Waals surface area contributed by atoms with Crippen molar-refractivity contribution in [1.29, 1.82) is 0 Å². The van der Waals surface area contributed by atoms with Crippen molar-refractivity contribution in [3.05, 3.63) is 17.0 Å². The lowest BCUT2D eigenvalue weighted by Crippen LogP contribution is -2.45. The van der Waals surface area contributed by atoms with Gasteiger partial charge in [-0.3, -0.25) is 0 Å². The number of rotatable bonds is 6. The molecule has 0 atom stereocenters. The first-order valence-electron chi connectivity index (χ1n) is 6.01. The van der Waals surface area contributed by atoms with E-state index in [1.54, 1.807) is 12.1 Å². The van der Waals surface area contributed by atoms with E-state index in [1.165, 1.54) is 15.6 Å². The molecule has 1 aliphatic carbocycles. The fraction of sp³-hybridized carbons (Fsp3) is 0.636. The molecule has 2 rings (SSSR count). The van der Waals surface area contributed by atoms with Crippen molar-refractivity contribution in [2.24, 2.45) is 5.73 Å². The summed E-state index contributed by atoms with van der Waals surface area (Å²) >= 11 is 1.21. The van der Waals surface area contributed by atoms with Crippen molar-refractivity contribution in [3.8, 4) is 0 Å². The Morgan fingerprint density at radius 1 is 1.44 bits per heavy atom. The number of aliphatic hydroxyl groups excluding tert-OH is 1. The third kappa shape index (κ3) is 2.60. The van der Waals surface area contributed by atoms with Crippen LogP contribution in [0.5, 0.6) is 0 Å². The number of thiophene rings is 1. The molecule has 0 radical (unpaired) electrons. The minimum atomic E-state index is -3.48. The maximum Gasteiger partial charge on any atom is 0.252 e. The second-order valence-corrected chi connectivity index (χ2v) is 7.63. The summed E-state index contributed by atoms with van der Waals surface area (Å²) < 4.78 is 26.7. The highest BCUT2D eigenvalue weighted by molar-refractivity contribution is 7.91. The van der Waals surface area contributed by atoms with Crippen molar-refractivity contribution < 1.29 is 13.5 Å². The molecule has 1 aliphatic rings. The number of hydrogen-bond donors (Lipinski definition) is 2. The molecule has 1 fully saturated rings. The summed E-state index contributed by atoms with van der Waals surface area (Å²) in [5.41, 5.74) is 5.50. The molecule has 0 saturated heterocycles. The Morgan fingerprint density at radius 3 is 2.61 bits per heavy atom. The minimum Gasteiger partial charge on any atom is -0.395 e. The summed E-state index contributed by atoms with van der Waals surface area (Å²) in [6.07, 6.45) is 2.82. The van der Waals surface area contributed by atoms with Crippen LogP contribution in [0.1, 0.15) is 24.1 Å². The molecule has 0 unspecified atom stereocenters. The van der Waals surface area contributed by atoms with Crippen molar-refractivity contribution in [2.75, 3.05) is 13.2 Å². The Hall–Kier alpha value is -0.470. The zero-order valence-corrected chi connectivity index (χ0v) is 11.7. The van der Waals surface area contributed by atoms with Gasteiger partial charge in [0.15, 0.2) is 0 Å². The van der Waals surface area contributed by atoms with Crippen LogP contribution in [0.15, 0.2) is 16.3 Å². The molecule has 7 heteroatoms. The number of nitrogens with two attached hydrogens (primary N) is 1. The van der Waals surface area contributed by atoms with Gasteiger partial charge in [-0.05, 0) is 25.0 Å². The fourth-order valence-corrected chi connectivity index (χ4v) is 5.03. The van der Waals surface area contributed by atoms with Crippen molar-refractivity contribution in [1.82, 2.24) is 4.31 Å². The van der Waals surface area contributed by atoms with Crippen LogP contribution >= 0.6 is 11.3 Å². The van der Waals surface area contributed by atoms with E-state index in [9.17, 15) is 8.42 Å². The quantitative estimate of drug-likeness (QED) is 0.809. The number of sulfonamides is 1. The van der Waals surface area contributed by atoms with Gasteiger partial charge < -0.3 is 10.8 Å². The Labute approximate surface area is 111 Å². The molecule has 0 aliphatic heterocycles. The summed E-state index contributed by atoms with van der Waals surface area (Å²) in [6, 6.07) is 3.39. The molecule has 18 heavy (non-hydrogen) atoms. The van der Waals surface area contributed by atoms with Gasteiger partial charge in [0.1, 0.15) is 4.21 Å². The zero-order valence-electron chi connectivity index (χ0n) is 10.1. The van der Waals surface area contributed by atoms with Gasteiger partial charge >= 0.3 is 0 Å². The van der Waals surface area contributed by atoms with Crippen LogP contribution in [0, 0.1) is 0 Å². The van der Waals surface area contributed by atoms with E-state index >= 15 is 0 Å². The van der Waals surface area contributed by atoms with Gasteiger partial charge in [0.2, 0.25) is 0 Å². The van der Waals surface area contributed by atoms with Crippen LogP contribution in [-0.2, 0) is 16.6 Å². The molecule has 1 aromatic heterocycles. The molecule has 0 bridgehead atoms. The van der Waals surface area contributed by atoms with Gasteiger partial charge in [0.25, 0.3) is 10.0 Å². The molecule has 1 heterocycles. The number of hydrogen-bond acceptors (Lipinski definition) is 5. The van der Waals surface area contributed by atoms with Crippen LogP contribution in [0.2, 0.25) is 0 Å².